The zero-order chi connectivity index (χ0) is 9.40. The number of urea groups is 1. The van der Waals surface area contributed by atoms with Gasteiger partial charge in [-0.05, 0) is 14.1 Å². The molecule has 2 N–H and O–H groups in total. The molecule has 70 valence electrons. The molecule has 0 bridgehead atoms. The van der Waals surface area contributed by atoms with Crippen LogP contribution in [0.1, 0.15) is 0 Å². The number of amides is 2. The van der Waals surface area contributed by atoms with Crippen molar-refractivity contribution < 1.29 is 4.79 Å². The molecular weight excluding hydrogens is 154 g/mol. The van der Waals surface area contributed by atoms with Crippen molar-refractivity contribution in [3.05, 3.63) is 12.7 Å². The zero-order valence-electron chi connectivity index (χ0n) is 7.76. The lowest BCUT2D eigenvalue weighted by Gasteiger charge is -2.10. The van der Waals surface area contributed by atoms with Gasteiger partial charge in [-0.1, -0.05) is 6.08 Å². The zero-order valence-corrected chi connectivity index (χ0v) is 7.76. The molecule has 0 fully saturated rings. The van der Waals surface area contributed by atoms with E-state index in [1.54, 1.807) is 6.08 Å². The average Bonchev–Trinajstić information content (AvgIpc) is 2.00. The Labute approximate surface area is 73.6 Å². The number of nitrogens with one attached hydrogen (secondary N) is 2. The highest BCUT2D eigenvalue weighted by atomic mass is 16.2. The summed E-state index contributed by atoms with van der Waals surface area (Å²) in [6.45, 7) is 5.51. The molecule has 0 aliphatic rings. The first-order chi connectivity index (χ1) is 5.66. The average molecular weight is 171 g/mol. The number of nitrogens with zero attached hydrogens (tertiary/aromatic N) is 1. The summed E-state index contributed by atoms with van der Waals surface area (Å²) in [6, 6.07) is -0.142. The molecule has 12 heavy (non-hydrogen) atoms. The lowest BCUT2D eigenvalue weighted by molar-refractivity contribution is 0.240. The predicted octanol–water partition coefficient (Wildman–Crippen LogP) is 0.0332. The van der Waals surface area contributed by atoms with Crippen molar-refractivity contribution in [1.29, 1.82) is 0 Å². The van der Waals surface area contributed by atoms with Crippen molar-refractivity contribution in [2.45, 2.75) is 0 Å². The molecule has 0 aliphatic heterocycles. The Kier molecular flexibility index (Phi) is 6.09. The van der Waals surface area contributed by atoms with Crippen LogP contribution in [0.4, 0.5) is 4.79 Å². The van der Waals surface area contributed by atoms with Gasteiger partial charge in [0.1, 0.15) is 0 Å². The van der Waals surface area contributed by atoms with E-state index in [0.29, 0.717) is 13.1 Å². The molecule has 0 unspecified atom stereocenters. The molecule has 0 saturated carbocycles. The number of carbonyl (C=O) groups excluding carboxylic acids is 1. The van der Waals surface area contributed by atoms with Crippen LogP contribution < -0.4 is 10.6 Å². The summed E-state index contributed by atoms with van der Waals surface area (Å²) in [5.41, 5.74) is 0. The Balaban J connectivity index is 3.25. The Morgan fingerprint density at radius 3 is 2.67 bits per heavy atom. The van der Waals surface area contributed by atoms with E-state index >= 15 is 0 Å². The summed E-state index contributed by atoms with van der Waals surface area (Å²) in [5.74, 6) is 0. The van der Waals surface area contributed by atoms with Crippen LogP contribution in [-0.4, -0.2) is 44.7 Å². The lowest BCUT2D eigenvalue weighted by atomic mass is 10.5. The smallest absolute Gasteiger partial charge is 0.315 e. The monoisotopic (exact) mass is 171 g/mol. The van der Waals surface area contributed by atoms with Crippen LogP contribution >= 0.6 is 0 Å². The van der Waals surface area contributed by atoms with E-state index in [0.717, 1.165) is 6.54 Å². The van der Waals surface area contributed by atoms with E-state index in [-0.39, 0.29) is 6.03 Å². The van der Waals surface area contributed by atoms with Crippen molar-refractivity contribution in [2.24, 2.45) is 0 Å². The largest absolute Gasteiger partial charge is 0.337 e. The summed E-state index contributed by atoms with van der Waals surface area (Å²) < 4.78 is 0. The van der Waals surface area contributed by atoms with Gasteiger partial charge in [0.15, 0.2) is 0 Å². The topological polar surface area (TPSA) is 44.4 Å². The molecule has 4 heteroatoms. The second kappa shape index (κ2) is 6.67. The van der Waals surface area contributed by atoms with Crippen molar-refractivity contribution in [2.75, 3.05) is 33.7 Å². The SMILES string of the molecule is C=CCNC(=O)NCCN(C)C. The van der Waals surface area contributed by atoms with Crippen molar-refractivity contribution in [3.8, 4) is 0 Å². The fourth-order valence-corrected chi connectivity index (χ4v) is 0.620. The molecule has 0 rings (SSSR count). The van der Waals surface area contributed by atoms with Crippen LogP contribution in [0.15, 0.2) is 12.7 Å². The normalized spacial score (nSPS) is 9.58. The Morgan fingerprint density at radius 2 is 2.17 bits per heavy atom. The van der Waals surface area contributed by atoms with E-state index in [1.165, 1.54) is 0 Å². The van der Waals surface area contributed by atoms with Crippen LogP contribution in [0, 0.1) is 0 Å². The number of likely N-dealkylation sites (N-methyl/N-ethyl adjacent to an activating group) is 1. The van der Waals surface area contributed by atoms with Gasteiger partial charge >= 0.3 is 6.03 Å². The molecule has 0 heterocycles. The summed E-state index contributed by atoms with van der Waals surface area (Å²) in [5, 5.41) is 5.33. The number of rotatable bonds is 5. The van der Waals surface area contributed by atoms with Gasteiger partial charge in [-0.15, -0.1) is 6.58 Å². The van der Waals surface area contributed by atoms with Crippen molar-refractivity contribution >= 4 is 6.03 Å². The first kappa shape index (κ1) is 11.0. The van der Waals surface area contributed by atoms with E-state index in [1.807, 2.05) is 19.0 Å². The van der Waals surface area contributed by atoms with Crippen molar-refractivity contribution in [1.82, 2.24) is 15.5 Å². The number of carbonyl (C=O) groups is 1. The standard InChI is InChI=1S/C8H17N3O/c1-4-5-9-8(12)10-6-7-11(2)3/h4H,1,5-7H2,2-3H3,(H2,9,10,12). The van der Waals surface area contributed by atoms with Gasteiger partial charge in [0.25, 0.3) is 0 Å². The van der Waals surface area contributed by atoms with Gasteiger partial charge in [0.05, 0.1) is 0 Å². The predicted molar refractivity (Wildman–Crippen MR) is 50.2 cm³/mol. The highest BCUT2D eigenvalue weighted by molar-refractivity contribution is 5.73. The minimum absolute atomic E-state index is 0.142. The van der Waals surface area contributed by atoms with Crippen LogP contribution in [0.3, 0.4) is 0 Å². The Bertz CT molecular complexity index is 145. The first-order valence-corrected chi connectivity index (χ1v) is 3.94. The molecule has 0 spiro atoms. The molecule has 0 saturated heterocycles. The maximum Gasteiger partial charge on any atom is 0.315 e. The van der Waals surface area contributed by atoms with Crippen molar-refractivity contribution in [3.63, 3.8) is 0 Å². The number of hydrogen-bond donors (Lipinski definition) is 2. The fraction of sp³-hybridized carbons (Fsp3) is 0.625. The summed E-state index contributed by atoms with van der Waals surface area (Å²) in [7, 11) is 3.92. The highest BCUT2D eigenvalue weighted by Gasteiger charge is 1.96. The lowest BCUT2D eigenvalue weighted by Crippen LogP contribution is -2.38. The molecule has 0 radical (unpaired) electrons. The van der Waals surface area contributed by atoms with Crippen LogP contribution in [0.25, 0.3) is 0 Å². The van der Waals surface area contributed by atoms with Crippen LogP contribution in [0.2, 0.25) is 0 Å². The quantitative estimate of drug-likeness (QED) is 0.573. The van der Waals surface area contributed by atoms with Gasteiger partial charge in [0.2, 0.25) is 0 Å². The van der Waals surface area contributed by atoms with Gasteiger partial charge in [0, 0.05) is 19.6 Å². The van der Waals surface area contributed by atoms with Crippen LogP contribution in [0.5, 0.6) is 0 Å². The third-order valence-corrected chi connectivity index (χ3v) is 1.25. The minimum Gasteiger partial charge on any atom is -0.337 e. The summed E-state index contributed by atoms with van der Waals surface area (Å²) in [6.07, 6.45) is 1.64. The third-order valence-electron chi connectivity index (χ3n) is 1.25. The van der Waals surface area contributed by atoms with Gasteiger partial charge < -0.3 is 15.5 Å². The second-order valence-corrected chi connectivity index (χ2v) is 2.73. The Morgan fingerprint density at radius 1 is 1.50 bits per heavy atom. The van der Waals surface area contributed by atoms with Gasteiger partial charge in [-0.25, -0.2) is 4.79 Å². The molecular formula is C8H17N3O. The van der Waals surface area contributed by atoms with E-state index in [9.17, 15) is 4.79 Å². The molecule has 0 aromatic rings. The van der Waals surface area contributed by atoms with Gasteiger partial charge in [-0.2, -0.15) is 0 Å². The number of hydrogen-bond acceptors (Lipinski definition) is 2. The molecule has 0 aromatic heterocycles. The maximum atomic E-state index is 10.9. The second-order valence-electron chi connectivity index (χ2n) is 2.73. The summed E-state index contributed by atoms with van der Waals surface area (Å²) >= 11 is 0. The molecule has 0 atom stereocenters. The fourth-order valence-electron chi connectivity index (χ4n) is 0.620. The van der Waals surface area contributed by atoms with Gasteiger partial charge in [-0.3, -0.25) is 0 Å². The molecule has 0 aliphatic carbocycles. The van der Waals surface area contributed by atoms with E-state index < -0.39 is 0 Å². The molecule has 4 nitrogen and oxygen atoms in total. The maximum absolute atomic E-state index is 10.9. The molecule has 2 amide bonds. The Hall–Kier alpha value is -1.03. The van der Waals surface area contributed by atoms with E-state index in [4.69, 9.17) is 0 Å². The highest BCUT2D eigenvalue weighted by Crippen LogP contribution is 1.71. The minimum atomic E-state index is -0.142. The third kappa shape index (κ3) is 7.08. The van der Waals surface area contributed by atoms with E-state index in [2.05, 4.69) is 17.2 Å². The van der Waals surface area contributed by atoms with Crippen LogP contribution in [-0.2, 0) is 0 Å². The first-order valence-electron chi connectivity index (χ1n) is 3.94. The molecule has 0 aromatic carbocycles. The summed E-state index contributed by atoms with van der Waals surface area (Å²) in [4.78, 5) is 12.9.